The molecule has 0 spiro atoms. The predicted molar refractivity (Wildman–Crippen MR) is 149 cm³/mol. The molecule has 1 aliphatic rings. The summed E-state index contributed by atoms with van der Waals surface area (Å²) in [4.78, 5) is 28.3. The topological polar surface area (TPSA) is 96.0 Å². The molecule has 8 nitrogen and oxygen atoms in total. The van der Waals surface area contributed by atoms with Gasteiger partial charge in [0.15, 0.2) is 0 Å². The molecule has 2 aromatic carbocycles. The Hall–Kier alpha value is -2.30. The van der Waals surface area contributed by atoms with Gasteiger partial charge in [0, 0.05) is 17.1 Å². The van der Waals surface area contributed by atoms with Crippen LogP contribution in [-0.2, 0) is 26.2 Å². The number of ether oxygens (including phenoxy) is 1. The lowest BCUT2D eigenvalue weighted by Crippen LogP contribution is -2.52. The fourth-order valence-electron chi connectivity index (χ4n) is 4.41. The van der Waals surface area contributed by atoms with Gasteiger partial charge in [0.25, 0.3) is 0 Å². The van der Waals surface area contributed by atoms with Gasteiger partial charge in [-0.2, -0.15) is 0 Å². The number of nitrogens with one attached hydrogen (secondary N) is 1. The molecule has 0 bridgehead atoms. The third-order valence-corrected chi connectivity index (χ3v) is 8.39. The van der Waals surface area contributed by atoms with Crippen molar-refractivity contribution in [2.75, 3.05) is 24.2 Å². The molecule has 3 rings (SSSR count). The highest BCUT2D eigenvalue weighted by Crippen LogP contribution is 2.30. The van der Waals surface area contributed by atoms with Gasteiger partial charge in [-0.1, -0.05) is 58.9 Å². The minimum absolute atomic E-state index is 0.0838. The second kappa shape index (κ2) is 13.0. The molecule has 37 heavy (non-hydrogen) atoms. The minimum atomic E-state index is -3.85. The molecule has 1 fully saturated rings. The normalized spacial score (nSPS) is 15.1. The number of sulfonamides is 1. The fourth-order valence-corrected chi connectivity index (χ4v) is 5.95. The van der Waals surface area contributed by atoms with Gasteiger partial charge in [-0.25, -0.2) is 8.42 Å². The Balaban J connectivity index is 1.89. The van der Waals surface area contributed by atoms with Crippen LogP contribution in [0.25, 0.3) is 0 Å². The van der Waals surface area contributed by atoms with Crippen LogP contribution in [0.5, 0.6) is 5.75 Å². The van der Waals surface area contributed by atoms with Crippen molar-refractivity contribution in [1.82, 2.24) is 10.2 Å². The number of methoxy groups -OCH3 is 1. The molecule has 0 aliphatic heterocycles. The maximum absolute atomic E-state index is 13.7. The molecule has 1 aliphatic carbocycles. The zero-order valence-corrected chi connectivity index (χ0v) is 24.4. The van der Waals surface area contributed by atoms with Crippen molar-refractivity contribution >= 4 is 55.1 Å². The summed E-state index contributed by atoms with van der Waals surface area (Å²) in [5.41, 5.74) is 1.03. The van der Waals surface area contributed by atoms with Crippen molar-refractivity contribution in [2.45, 2.75) is 57.7 Å². The van der Waals surface area contributed by atoms with Gasteiger partial charge in [-0.15, -0.1) is 0 Å². The van der Waals surface area contributed by atoms with Crippen LogP contribution >= 0.6 is 27.5 Å². The third-order valence-electron chi connectivity index (χ3n) is 6.46. The molecule has 1 atom stereocenters. The molecule has 202 valence electrons. The number of nitrogens with zero attached hydrogens (tertiary/aromatic N) is 2. The van der Waals surface area contributed by atoms with E-state index in [1.54, 1.807) is 13.0 Å². The highest BCUT2D eigenvalue weighted by Gasteiger charge is 2.31. The summed E-state index contributed by atoms with van der Waals surface area (Å²) in [5.74, 6) is -0.383. The number of carbonyl (C=O) groups excluding carboxylic acids is 2. The van der Waals surface area contributed by atoms with Gasteiger partial charge in [-0.05, 0) is 55.7 Å². The number of hydrogen-bond donors (Lipinski definition) is 1. The van der Waals surface area contributed by atoms with Crippen LogP contribution in [0.15, 0.2) is 46.9 Å². The zero-order valence-electron chi connectivity index (χ0n) is 21.2. The van der Waals surface area contributed by atoms with Crippen LogP contribution in [0.4, 0.5) is 5.69 Å². The van der Waals surface area contributed by atoms with Crippen LogP contribution < -0.4 is 14.4 Å². The number of hydrogen-bond acceptors (Lipinski definition) is 5. The van der Waals surface area contributed by atoms with Crippen LogP contribution in [0, 0.1) is 0 Å². The maximum atomic E-state index is 13.7. The molecule has 1 unspecified atom stereocenters. The molecule has 0 radical (unpaired) electrons. The molecule has 0 saturated heterocycles. The number of benzene rings is 2. The average Bonchev–Trinajstić information content (AvgIpc) is 2.85. The lowest BCUT2D eigenvalue weighted by atomic mass is 9.95. The Morgan fingerprint density at radius 2 is 1.86 bits per heavy atom. The van der Waals surface area contributed by atoms with Gasteiger partial charge in [-0.3, -0.25) is 13.9 Å². The highest BCUT2D eigenvalue weighted by molar-refractivity contribution is 9.10. The summed E-state index contributed by atoms with van der Waals surface area (Å²) in [6.07, 6.45) is 6.14. The summed E-state index contributed by atoms with van der Waals surface area (Å²) in [7, 11) is -2.40. The summed E-state index contributed by atoms with van der Waals surface area (Å²) in [5, 5.41) is 3.30. The number of halogens is 2. The van der Waals surface area contributed by atoms with Crippen molar-refractivity contribution < 1.29 is 22.7 Å². The van der Waals surface area contributed by atoms with E-state index in [0.717, 1.165) is 52.7 Å². The lowest BCUT2D eigenvalue weighted by molar-refractivity contribution is -0.139. The minimum Gasteiger partial charge on any atom is -0.495 e. The maximum Gasteiger partial charge on any atom is 0.244 e. The van der Waals surface area contributed by atoms with E-state index in [1.807, 2.05) is 24.3 Å². The SMILES string of the molecule is COc1ccc(N(CC(=O)N(Cc2cccc(Br)c2)C(C)C(=O)NC2CCCCC2)S(C)(=O)=O)cc1Cl. The van der Waals surface area contributed by atoms with Crippen molar-refractivity contribution in [2.24, 2.45) is 0 Å². The van der Waals surface area contributed by atoms with Crippen LogP contribution in [-0.4, -0.2) is 57.1 Å². The van der Waals surface area contributed by atoms with Crippen LogP contribution in [0.1, 0.15) is 44.6 Å². The highest BCUT2D eigenvalue weighted by atomic mass is 79.9. The molecule has 1 N–H and O–H groups in total. The second-order valence-corrected chi connectivity index (χ2v) is 12.5. The molecule has 0 aromatic heterocycles. The van der Waals surface area contributed by atoms with E-state index in [2.05, 4.69) is 21.2 Å². The third kappa shape index (κ3) is 8.09. The summed E-state index contributed by atoms with van der Waals surface area (Å²) >= 11 is 9.67. The number of anilines is 1. The summed E-state index contributed by atoms with van der Waals surface area (Å²) in [6, 6.07) is 11.2. The Bertz CT molecular complexity index is 1220. The van der Waals surface area contributed by atoms with Crippen LogP contribution in [0.3, 0.4) is 0 Å². The second-order valence-electron chi connectivity index (χ2n) is 9.26. The van der Waals surface area contributed by atoms with Crippen molar-refractivity contribution in [3.63, 3.8) is 0 Å². The van der Waals surface area contributed by atoms with Gasteiger partial charge in [0.1, 0.15) is 18.3 Å². The van der Waals surface area contributed by atoms with Crippen LogP contribution in [0.2, 0.25) is 5.02 Å². The van der Waals surface area contributed by atoms with Crippen molar-refractivity contribution in [1.29, 1.82) is 0 Å². The van der Waals surface area contributed by atoms with Gasteiger partial charge in [0.05, 0.1) is 24.1 Å². The Kier molecular flexibility index (Phi) is 10.3. The first-order valence-electron chi connectivity index (χ1n) is 12.1. The van der Waals surface area contributed by atoms with E-state index in [9.17, 15) is 18.0 Å². The van der Waals surface area contributed by atoms with E-state index in [4.69, 9.17) is 16.3 Å². The Morgan fingerprint density at radius 3 is 2.46 bits per heavy atom. The van der Waals surface area contributed by atoms with E-state index in [1.165, 1.54) is 24.1 Å². The predicted octanol–water partition coefficient (Wildman–Crippen LogP) is 4.74. The molecule has 0 heterocycles. The smallest absolute Gasteiger partial charge is 0.244 e. The van der Waals surface area contributed by atoms with E-state index in [0.29, 0.717) is 5.75 Å². The van der Waals surface area contributed by atoms with Gasteiger partial charge < -0.3 is 15.0 Å². The molecule has 1 saturated carbocycles. The standard InChI is InChI=1S/C26H33BrClN3O5S/c1-18(26(33)29-21-10-5-4-6-11-21)30(16-19-8-7-9-20(27)14-19)25(32)17-31(37(3,34)35)22-12-13-24(36-2)23(28)15-22/h7-9,12-15,18,21H,4-6,10-11,16-17H2,1-3H3,(H,29,33). The Morgan fingerprint density at radius 1 is 1.16 bits per heavy atom. The zero-order chi connectivity index (χ0) is 27.2. The first-order chi connectivity index (χ1) is 17.5. The monoisotopic (exact) mass is 613 g/mol. The summed E-state index contributed by atoms with van der Waals surface area (Å²) in [6.45, 7) is 1.32. The molecule has 11 heteroatoms. The Labute approximate surface area is 232 Å². The van der Waals surface area contributed by atoms with Gasteiger partial charge >= 0.3 is 0 Å². The first-order valence-corrected chi connectivity index (χ1v) is 15.2. The summed E-state index contributed by atoms with van der Waals surface area (Å²) < 4.78 is 32.4. The quantitative estimate of drug-likeness (QED) is 0.417. The largest absolute Gasteiger partial charge is 0.495 e. The number of amides is 2. The molecule has 2 amide bonds. The van der Waals surface area contributed by atoms with Crippen molar-refractivity contribution in [3.05, 3.63) is 57.5 Å². The first kappa shape index (κ1) is 29.3. The molecule has 2 aromatic rings. The average molecular weight is 615 g/mol. The van der Waals surface area contributed by atoms with Crippen molar-refractivity contribution in [3.8, 4) is 5.75 Å². The van der Waals surface area contributed by atoms with Gasteiger partial charge in [0.2, 0.25) is 21.8 Å². The van der Waals surface area contributed by atoms with E-state index in [-0.39, 0.29) is 29.2 Å². The fraction of sp³-hybridized carbons (Fsp3) is 0.462. The van der Waals surface area contributed by atoms with E-state index >= 15 is 0 Å². The number of rotatable bonds is 10. The molecular weight excluding hydrogens is 582 g/mol. The number of carbonyl (C=O) groups is 2. The lowest BCUT2D eigenvalue weighted by Gasteiger charge is -2.33. The molecular formula is C26H33BrClN3O5S. The van der Waals surface area contributed by atoms with E-state index < -0.39 is 28.5 Å².